The molecular weight excluding hydrogens is 216 g/mol. The highest BCUT2D eigenvalue weighted by Gasteiger charge is 2.09. The molecule has 5 heteroatoms. The van der Waals surface area contributed by atoms with Gasteiger partial charge < -0.3 is 16.2 Å². The summed E-state index contributed by atoms with van der Waals surface area (Å²) in [4.78, 5) is 11.6. The Morgan fingerprint density at radius 1 is 1.67 bits per heavy atom. The zero-order valence-electron chi connectivity index (χ0n) is 8.33. The van der Waals surface area contributed by atoms with Gasteiger partial charge in [0.05, 0.1) is 17.3 Å². The molecule has 4 N–H and O–H groups in total. The van der Waals surface area contributed by atoms with E-state index in [2.05, 4.69) is 5.32 Å². The number of anilines is 1. The van der Waals surface area contributed by atoms with Gasteiger partial charge in [0.15, 0.2) is 0 Å². The smallest absolute Gasteiger partial charge is 0.251 e. The van der Waals surface area contributed by atoms with Crippen molar-refractivity contribution in [2.45, 2.75) is 13.0 Å². The summed E-state index contributed by atoms with van der Waals surface area (Å²) in [6.45, 7) is 1.60. The van der Waals surface area contributed by atoms with Crippen molar-refractivity contribution in [1.29, 1.82) is 0 Å². The van der Waals surface area contributed by atoms with E-state index in [1.165, 1.54) is 6.07 Å². The monoisotopic (exact) mass is 228 g/mol. The predicted octanol–water partition coefficient (Wildman–Crippen LogP) is 1.03. The number of benzene rings is 1. The summed E-state index contributed by atoms with van der Waals surface area (Å²) in [5.41, 5.74) is 6.35. The molecule has 0 aromatic heterocycles. The molecule has 1 atom stereocenters. The average molecular weight is 229 g/mol. The van der Waals surface area contributed by atoms with Crippen molar-refractivity contribution >= 4 is 23.2 Å². The first-order chi connectivity index (χ1) is 7.04. The number of halogens is 1. The van der Waals surface area contributed by atoms with Crippen LogP contribution in [0.25, 0.3) is 0 Å². The van der Waals surface area contributed by atoms with Crippen molar-refractivity contribution in [3.8, 4) is 0 Å². The number of carbonyl (C=O) groups is 1. The largest absolute Gasteiger partial charge is 0.398 e. The number of nitrogen functional groups attached to an aromatic ring is 1. The van der Waals surface area contributed by atoms with Crippen LogP contribution < -0.4 is 11.1 Å². The Kier molecular flexibility index (Phi) is 3.94. The Morgan fingerprint density at radius 3 is 2.87 bits per heavy atom. The summed E-state index contributed by atoms with van der Waals surface area (Å²) in [6.07, 6.45) is 0. The normalized spacial score (nSPS) is 12.2. The molecule has 0 unspecified atom stereocenters. The molecule has 0 saturated carbocycles. The summed E-state index contributed by atoms with van der Waals surface area (Å²) in [5, 5.41) is 11.8. The molecule has 0 radical (unpaired) electrons. The van der Waals surface area contributed by atoms with Gasteiger partial charge in [-0.1, -0.05) is 11.6 Å². The molecular formula is C10H13ClN2O2. The molecule has 0 aliphatic rings. The molecule has 0 aliphatic carbocycles. The number of aliphatic hydroxyl groups excluding tert-OH is 1. The van der Waals surface area contributed by atoms with Crippen LogP contribution in [0.3, 0.4) is 0 Å². The first kappa shape index (κ1) is 11.8. The van der Waals surface area contributed by atoms with Crippen LogP contribution in [0.1, 0.15) is 17.3 Å². The average Bonchev–Trinajstić information content (AvgIpc) is 2.21. The van der Waals surface area contributed by atoms with E-state index in [-0.39, 0.29) is 18.6 Å². The molecule has 0 bridgehead atoms. The van der Waals surface area contributed by atoms with Crippen LogP contribution in [0.2, 0.25) is 5.02 Å². The Labute approximate surface area is 93.0 Å². The van der Waals surface area contributed by atoms with Gasteiger partial charge >= 0.3 is 0 Å². The van der Waals surface area contributed by atoms with E-state index in [0.29, 0.717) is 16.3 Å². The minimum absolute atomic E-state index is 0.102. The quantitative estimate of drug-likeness (QED) is 0.677. The highest BCUT2D eigenvalue weighted by Crippen LogP contribution is 2.19. The molecule has 0 saturated heterocycles. The van der Waals surface area contributed by atoms with E-state index in [1.54, 1.807) is 19.1 Å². The van der Waals surface area contributed by atoms with Gasteiger partial charge in [-0.2, -0.15) is 0 Å². The van der Waals surface area contributed by atoms with Crippen LogP contribution in [0.4, 0.5) is 5.69 Å². The summed E-state index contributed by atoms with van der Waals surface area (Å²) in [5.74, 6) is -0.278. The highest BCUT2D eigenvalue weighted by atomic mass is 35.5. The minimum Gasteiger partial charge on any atom is -0.398 e. The van der Waals surface area contributed by atoms with Crippen LogP contribution >= 0.6 is 11.6 Å². The van der Waals surface area contributed by atoms with Gasteiger partial charge in [0.1, 0.15) is 0 Å². The van der Waals surface area contributed by atoms with Crippen LogP contribution in [-0.2, 0) is 0 Å². The Bertz CT molecular complexity index is 368. The van der Waals surface area contributed by atoms with Crippen LogP contribution in [0.15, 0.2) is 18.2 Å². The molecule has 82 valence electrons. The molecule has 1 rings (SSSR count). The van der Waals surface area contributed by atoms with Gasteiger partial charge in [-0.3, -0.25) is 4.79 Å². The third kappa shape index (κ3) is 3.11. The van der Waals surface area contributed by atoms with Crippen molar-refractivity contribution in [2.24, 2.45) is 0 Å². The standard InChI is InChI=1S/C10H13ClN2O2/c1-6(5-14)13-10(15)7-2-3-8(11)9(12)4-7/h2-4,6,14H,5,12H2,1H3,(H,13,15)/t6-/m0/s1. The van der Waals surface area contributed by atoms with Crippen molar-refractivity contribution in [1.82, 2.24) is 5.32 Å². The maximum Gasteiger partial charge on any atom is 0.251 e. The molecule has 0 fully saturated rings. The van der Waals surface area contributed by atoms with Crippen LogP contribution in [0, 0.1) is 0 Å². The molecule has 0 heterocycles. The van der Waals surface area contributed by atoms with E-state index in [0.717, 1.165) is 0 Å². The number of rotatable bonds is 3. The second-order valence-corrected chi connectivity index (χ2v) is 3.70. The van der Waals surface area contributed by atoms with Crippen molar-refractivity contribution < 1.29 is 9.90 Å². The Morgan fingerprint density at radius 2 is 2.33 bits per heavy atom. The lowest BCUT2D eigenvalue weighted by atomic mass is 10.2. The topological polar surface area (TPSA) is 75.3 Å². The van der Waals surface area contributed by atoms with Crippen LogP contribution in [0.5, 0.6) is 0 Å². The zero-order valence-corrected chi connectivity index (χ0v) is 9.08. The van der Waals surface area contributed by atoms with Gasteiger partial charge in [0.25, 0.3) is 5.91 Å². The van der Waals surface area contributed by atoms with Gasteiger partial charge in [0, 0.05) is 11.6 Å². The second kappa shape index (κ2) is 5.00. The fraction of sp³-hybridized carbons (Fsp3) is 0.300. The third-order valence-electron chi connectivity index (χ3n) is 1.91. The summed E-state index contributed by atoms with van der Waals surface area (Å²) in [6, 6.07) is 4.37. The van der Waals surface area contributed by atoms with Gasteiger partial charge in [-0.15, -0.1) is 0 Å². The lowest BCUT2D eigenvalue weighted by molar-refractivity contribution is 0.0922. The number of carbonyl (C=O) groups excluding carboxylic acids is 1. The lowest BCUT2D eigenvalue weighted by Crippen LogP contribution is -2.34. The lowest BCUT2D eigenvalue weighted by Gasteiger charge is -2.11. The van der Waals surface area contributed by atoms with E-state index >= 15 is 0 Å². The SMILES string of the molecule is C[C@@H](CO)NC(=O)c1ccc(Cl)c(N)c1. The van der Waals surface area contributed by atoms with E-state index in [1.807, 2.05) is 0 Å². The molecule has 1 amide bonds. The number of aliphatic hydroxyl groups is 1. The van der Waals surface area contributed by atoms with E-state index in [9.17, 15) is 4.79 Å². The highest BCUT2D eigenvalue weighted by molar-refractivity contribution is 6.33. The number of nitrogens with two attached hydrogens (primary N) is 1. The maximum atomic E-state index is 11.6. The molecule has 4 nitrogen and oxygen atoms in total. The second-order valence-electron chi connectivity index (χ2n) is 3.29. The summed E-state index contributed by atoms with van der Waals surface area (Å²) < 4.78 is 0. The fourth-order valence-corrected chi connectivity index (χ4v) is 1.16. The van der Waals surface area contributed by atoms with E-state index < -0.39 is 0 Å². The third-order valence-corrected chi connectivity index (χ3v) is 2.25. The van der Waals surface area contributed by atoms with E-state index in [4.69, 9.17) is 22.4 Å². The number of hydrogen-bond donors (Lipinski definition) is 3. The first-order valence-electron chi connectivity index (χ1n) is 4.51. The van der Waals surface area contributed by atoms with Gasteiger partial charge in [-0.25, -0.2) is 0 Å². The number of amides is 1. The molecule has 1 aromatic rings. The molecule has 1 aromatic carbocycles. The first-order valence-corrected chi connectivity index (χ1v) is 4.89. The fourth-order valence-electron chi connectivity index (χ4n) is 1.04. The number of hydrogen-bond acceptors (Lipinski definition) is 3. The number of nitrogens with one attached hydrogen (secondary N) is 1. The van der Waals surface area contributed by atoms with Crippen molar-refractivity contribution in [3.05, 3.63) is 28.8 Å². The van der Waals surface area contributed by atoms with Crippen LogP contribution in [-0.4, -0.2) is 23.7 Å². The van der Waals surface area contributed by atoms with Crippen molar-refractivity contribution in [2.75, 3.05) is 12.3 Å². The Hall–Kier alpha value is -1.26. The molecule has 15 heavy (non-hydrogen) atoms. The van der Waals surface area contributed by atoms with Crippen molar-refractivity contribution in [3.63, 3.8) is 0 Å². The minimum atomic E-state index is -0.283. The molecule has 0 spiro atoms. The summed E-state index contributed by atoms with van der Waals surface area (Å²) in [7, 11) is 0. The maximum absolute atomic E-state index is 11.6. The van der Waals surface area contributed by atoms with Gasteiger partial charge in [-0.05, 0) is 25.1 Å². The summed E-state index contributed by atoms with van der Waals surface area (Å²) >= 11 is 5.72. The van der Waals surface area contributed by atoms with Gasteiger partial charge in [0.2, 0.25) is 0 Å². The molecule has 0 aliphatic heterocycles. The Balaban J connectivity index is 2.78. The predicted molar refractivity (Wildman–Crippen MR) is 59.9 cm³/mol. The zero-order chi connectivity index (χ0) is 11.4.